The Balaban J connectivity index is 1.56. The predicted molar refractivity (Wildman–Crippen MR) is 147 cm³/mol. The van der Waals surface area contributed by atoms with Gasteiger partial charge in [-0.15, -0.1) is 11.8 Å². The highest BCUT2D eigenvalue weighted by molar-refractivity contribution is 7.99. The Morgan fingerprint density at radius 3 is 2.44 bits per heavy atom. The van der Waals surface area contributed by atoms with E-state index in [9.17, 15) is 23.5 Å². The van der Waals surface area contributed by atoms with Crippen LogP contribution in [0.2, 0.25) is 0 Å². The first-order valence-electron chi connectivity index (χ1n) is 12.6. The fourth-order valence-corrected chi connectivity index (χ4v) is 4.55. The Morgan fingerprint density at radius 2 is 1.77 bits per heavy atom. The van der Waals surface area contributed by atoms with E-state index in [1.807, 2.05) is 30.3 Å². The van der Waals surface area contributed by atoms with Crippen LogP contribution in [0.4, 0.5) is 19.3 Å². The number of halogens is 2. The molecule has 0 radical (unpaired) electrons. The number of anilines is 1. The predicted octanol–water partition coefficient (Wildman–Crippen LogP) is 6.09. The van der Waals surface area contributed by atoms with Gasteiger partial charge in [-0.25, -0.2) is 18.4 Å². The van der Waals surface area contributed by atoms with Crippen LogP contribution in [0.5, 0.6) is 5.75 Å². The van der Waals surface area contributed by atoms with Gasteiger partial charge in [0.05, 0.1) is 12.2 Å². The van der Waals surface area contributed by atoms with E-state index >= 15 is 0 Å². The molecule has 3 aromatic carbocycles. The number of rotatable bonds is 15. The number of carboxylic acid groups (broad SMARTS) is 1. The second-order valence-corrected chi connectivity index (χ2v) is 9.70. The number of amides is 2. The summed E-state index contributed by atoms with van der Waals surface area (Å²) in [5, 5.41) is 11.8. The topological polar surface area (TPSA) is 88.1 Å². The van der Waals surface area contributed by atoms with Crippen LogP contribution in [-0.4, -0.2) is 60.2 Å². The van der Waals surface area contributed by atoms with Gasteiger partial charge in [0.15, 0.2) is 6.10 Å². The maximum Gasteiger partial charge on any atom is 0.333 e. The van der Waals surface area contributed by atoms with Gasteiger partial charge in [-0.3, -0.25) is 0 Å². The number of nitrogens with one attached hydrogen (secondary N) is 1. The monoisotopic (exact) mass is 558 g/mol. The number of urea groups is 1. The van der Waals surface area contributed by atoms with Crippen molar-refractivity contribution in [3.05, 3.63) is 90.0 Å². The molecule has 10 heteroatoms. The Kier molecular flexibility index (Phi) is 12.0. The molecule has 0 aliphatic rings. The summed E-state index contributed by atoms with van der Waals surface area (Å²) in [5.41, 5.74) is 0.690. The van der Waals surface area contributed by atoms with Crippen molar-refractivity contribution in [2.45, 2.75) is 30.8 Å². The maximum atomic E-state index is 14.1. The van der Waals surface area contributed by atoms with Crippen LogP contribution in [-0.2, 0) is 16.0 Å². The van der Waals surface area contributed by atoms with Crippen LogP contribution < -0.4 is 10.1 Å². The molecule has 0 aliphatic carbocycles. The molecule has 208 valence electrons. The fraction of sp³-hybridized carbons (Fsp3) is 0.310. The summed E-state index contributed by atoms with van der Waals surface area (Å²) < 4.78 is 38.4. The van der Waals surface area contributed by atoms with E-state index in [0.29, 0.717) is 25.3 Å². The molecule has 2 N–H and O–H groups in total. The Labute approximate surface area is 231 Å². The number of carboxylic acids is 1. The minimum atomic E-state index is -1.02. The lowest BCUT2D eigenvalue weighted by Gasteiger charge is -2.23. The molecule has 0 saturated heterocycles. The highest BCUT2D eigenvalue weighted by atomic mass is 32.2. The van der Waals surface area contributed by atoms with Crippen molar-refractivity contribution in [1.82, 2.24) is 4.90 Å². The summed E-state index contributed by atoms with van der Waals surface area (Å²) in [7, 11) is 0. The van der Waals surface area contributed by atoms with Gasteiger partial charge >= 0.3 is 12.0 Å². The highest BCUT2D eigenvalue weighted by Crippen LogP contribution is 2.19. The van der Waals surface area contributed by atoms with Crippen molar-refractivity contribution >= 4 is 29.4 Å². The third-order valence-corrected chi connectivity index (χ3v) is 6.76. The maximum absolute atomic E-state index is 14.1. The van der Waals surface area contributed by atoms with Gasteiger partial charge < -0.3 is 24.8 Å². The number of hydrogen-bond donors (Lipinski definition) is 2. The van der Waals surface area contributed by atoms with Crippen LogP contribution in [0.25, 0.3) is 0 Å². The van der Waals surface area contributed by atoms with Crippen molar-refractivity contribution in [2.75, 3.05) is 37.4 Å². The molecule has 0 saturated carbocycles. The van der Waals surface area contributed by atoms with E-state index in [4.69, 9.17) is 9.47 Å². The van der Waals surface area contributed by atoms with E-state index in [1.165, 1.54) is 11.0 Å². The summed E-state index contributed by atoms with van der Waals surface area (Å²) >= 11 is 1.68. The first-order chi connectivity index (χ1) is 18.9. The van der Waals surface area contributed by atoms with Gasteiger partial charge in [0.25, 0.3) is 0 Å². The third kappa shape index (κ3) is 10.2. The van der Waals surface area contributed by atoms with Crippen LogP contribution in [0.15, 0.2) is 77.7 Å². The first kappa shape index (κ1) is 29.9. The normalized spacial score (nSPS) is 11.6. The zero-order valence-electron chi connectivity index (χ0n) is 21.6. The molecule has 0 aliphatic heterocycles. The van der Waals surface area contributed by atoms with E-state index in [-0.39, 0.29) is 25.3 Å². The lowest BCUT2D eigenvalue weighted by Crippen LogP contribution is -2.39. The third-order valence-electron chi connectivity index (χ3n) is 5.66. The zero-order chi connectivity index (χ0) is 28.0. The lowest BCUT2D eigenvalue weighted by atomic mass is 10.1. The van der Waals surface area contributed by atoms with Crippen LogP contribution >= 0.6 is 11.8 Å². The van der Waals surface area contributed by atoms with Crippen molar-refractivity contribution in [2.24, 2.45) is 0 Å². The van der Waals surface area contributed by atoms with Crippen molar-refractivity contribution in [3.8, 4) is 5.75 Å². The first-order valence-corrected chi connectivity index (χ1v) is 13.6. The Bertz CT molecular complexity index is 1200. The quantitative estimate of drug-likeness (QED) is 0.173. The second kappa shape index (κ2) is 15.7. The van der Waals surface area contributed by atoms with Crippen LogP contribution in [0.3, 0.4) is 0 Å². The van der Waals surface area contributed by atoms with E-state index in [0.717, 1.165) is 28.3 Å². The molecular weight excluding hydrogens is 526 g/mol. The van der Waals surface area contributed by atoms with Crippen molar-refractivity contribution in [3.63, 3.8) is 0 Å². The van der Waals surface area contributed by atoms with Crippen LogP contribution in [0.1, 0.15) is 18.9 Å². The molecule has 1 unspecified atom stereocenters. The van der Waals surface area contributed by atoms with Gasteiger partial charge in [-0.2, -0.15) is 0 Å². The molecule has 39 heavy (non-hydrogen) atoms. The number of benzene rings is 3. The largest absolute Gasteiger partial charge is 0.492 e. The second-order valence-electron chi connectivity index (χ2n) is 8.54. The zero-order valence-corrected chi connectivity index (χ0v) is 22.5. The average molecular weight is 559 g/mol. The highest BCUT2D eigenvalue weighted by Gasteiger charge is 2.18. The van der Waals surface area contributed by atoms with Gasteiger partial charge in [0, 0.05) is 30.5 Å². The van der Waals surface area contributed by atoms with Crippen LogP contribution in [0, 0.1) is 11.6 Å². The SMILES string of the molecule is CCOC(Cc1ccc(OCCN(CCCSc2ccccc2)C(=O)Nc2ccc(F)cc2F)cc1)C(=O)O. The minimum absolute atomic E-state index is 0.103. The summed E-state index contributed by atoms with van der Waals surface area (Å²) in [5.74, 6) is -1.25. The summed E-state index contributed by atoms with van der Waals surface area (Å²) in [4.78, 5) is 26.9. The van der Waals surface area contributed by atoms with Crippen molar-refractivity contribution < 1.29 is 33.0 Å². The van der Waals surface area contributed by atoms with Gasteiger partial charge in [-0.1, -0.05) is 30.3 Å². The van der Waals surface area contributed by atoms with E-state index in [2.05, 4.69) is 5.32 Å². The standard InChI is InChI=1S/C29H32F2N2O5S/c1-2-37-27(28(34)35)19-21-9-12-23(13-10-21)38-17-16-33(15-6-18-39-24-7-4-3-5-8-24)29(36)32-26-14-11-22(30)20-25(26)31/h3-5,7-14,20,27H,2,6,15-19H2,1H3,(H,32,36)(H,34,35). The number of hydrogen-bond acceptors (Lipinski definition) is 5. The summed E-state index contributed by atoms with van der Waals surface area (Å²) in [6.45, 7) is 2.87. The summed E-state index contributed by atoms with van der Waals surface area (Å²) in [6, 6.07) is 19.4. The van der Waals surface area contributed by atoms with E-state index < -0.39 is 29.7 Å². The number of ether oxygens (including phenoxy) is 2. The number of carbonyl (C=O) groups is 2. The average Bonchev–Trinajstić information content (AvgIpc) is 2.92. The number of thioether (sulfide) groups is 1. The molecule has 3 rings (SSSR count). The summed E-state index contributed by atoms with van der Waals surface area (Å²) in [6.07, 6.45) is 0.0103. The molecule has 3 aromatic rings. The smallest absolute Gasteiger partial charge is 0.333 e. The lowest BCUT2D eigenvalue weighted by molar-refractivity contribution is -0.149. The number of carbonyl (C=O) groups excluding carboxylic acids is 1. The molecule has 0 aromatic heterocycles. The molecule has 0 heterocycles. The molecular formula is C29H32F2N2O5S. The minimum Gasteiger partial charge on any atom is -0.492 e. The molecule has 1 atom stereocenters. The van der Waals surface area contributed by atoms with Gasteiger partial charge in [0.2, 0.25) is 0 Å². The number of aliphatic carboxylic acids is 1. The van der Waals surface area contributed by atoms with Gasteiger partial charge in [-0.05, 0) is 61.1 Å². The molecule has 0 fully saturated rings. The molecule has 7 nitrogen and oxygen atoms in total. The Hall–Kier alpha value is -3.63. The van der Waals surface area contributed by atoms with Crippen molar-refractivity contribution in [1.29, 1.82) is 0 Å². The molecule has 0 spiro atoms. The van der Waals surface area contributed by atoms with E-state index in [1.54, 1.807) is 43.0 Å². The number of nitrogens with zero attached hydrogens (tertiary/aromatic N) is 1. The molecule has 2 amide bonds. The fourth-order valence-electron chi connectivity index (χ4n) is 3.69. The van der Waals surface area contributed by atoms with Gasteiger partial charge in [0.1, 0.15) is 24.0 Å². The Morgan fingerprint density at radius 1 is 1.03 bits per heavy atom. The molecule has 0 bridgehead atoms.